The molecule has 0 aliphatic rings. The second-order valence-corrected chi connectivity index (χ2v) is 6.24. The van der Waals surface area contributed by atoms with Gasteiger partial charge in [0.15, 0.2) is 0 Å². The van der Waals surface area contributed by atoms with Crippen LogP contribution in [0.1, 0.15) is 18.2 Å². The maximum Gasteiger partial charge on any atom is 0.416 e. The topological polar surface area (TPSA) is 64.0 Å². The number of hydrogen-bond donors (Lipinski definition) is 1. The molecular formula is C13H14F3N3O2S. The summed E-state index contributed by atoms with van der Waals surface area (Å²) in [6, 6.07) is 3.78. The van der Waals surface area contributed by atoms with Crippen molar-refractivity contribution >= 4 is 15.7 Å². The van der Waals surface area contributed by atoms with E-state index >= 15 is 0 Å². The van der Waals surface area contributed by atoms with Gasteiger partial charge in [0.05, 0.1) is 17.5 Å². The minimum absolute atomic E-state index is 0.00533. The summed E-state index contributed by atoms with van der Waals surface area (Å²) < 4.78 is 65.7. The van der Waals surface area contributed by atoms with E-state index in [9.17, 15) is 21.6 Å². The molecule has 1 heterocycles. The lowest BCUT2D eigenvalue weighted by atomic mass is 10.2. The van der Waals surface area contributed by atoms with Gasteiger partial charge < -0.3 is 0 Å². The highest BCUT2D eigenvalue weighted by Gasteiger charge is 2.30. The number of aryl methyl sites for hydroxylation is 1. The number of anilines is 1. The van der Waals surface area contributed by atoms with Crippen molar-refractivity contribution in [3.05, 3.63) is 41.7 Å². The van der Waals surface area contributed by atoms with Crippen LogP contribution in [0.25, 0.3) is 0 Å². The number of alkyl halides is 3. The van der Waals surface area contributed by atoms with E-state index in [-0.39, 0.29) is 10.6 Å². The van der Waals surface area contributed by atoms with Crippen LogP contribution in [0.3, 0.4) is 0 Å². The summed E-state index contributed by atoms with van der Waals surface area (Å²) in [6.07, 6.45) is -3.25. The van der Waals surface area contributed by atoms with E-state index in [0.717, 1.165) is 24.3 Å². The predicted octanol–water partition coefficient (Wildman–Crippen LogP) is 3.03. The first-order chi connectivity index (χ1) is 10.1. The molecule has 0 saturated carbocycles. The van der Waals surface area contributed by atoms with Gasteiger partial charge in [-0.25, -0.2) is 8.42 Å². The Balaban J connectivity index is 2.27. The van der Waals surface area contributed by atoms with E-state index in [4.69, 9.17) is 0 Å². The number of nitrogens with zero attached hydrogens (tertiary/aromatic N) is 2. The van der Waals surface area contributed by atoms with Crippen LogP contribution in [0.2, 0.25) is 0 Å². The van der Waals surface area contributed by atoms with Crippen LogP contribution in [0, 0.1) is 6.92 Å². The lowest BCUT2D eigenvalue weighted by Gasteiger charge is -2.10. The summed E-state index contributed by atoms with van der Waals surface area (Å²) in [7, 11) is -3.90. The van der Waals surface area contributed by atoms with Crippen LogP contribution in [-0.4, -0.2) is 18.2 Å². The molecule has 0 atom stereocenters. The molecule has 2 aromatic rings. The maximum atomic E-state index is 12.5. The fraction of sp³-hybridized carbons (Fsp3) is 0.308. The van der Waals surface area contributed by atoms with Crippen molar-refractivity contribution in [2.24, 2.45) is 0 Å². The molecule has 9 heteroatoms. The first-order valence-corrected chi connectivity index (χ1v) is 7.86. The van der Waals surface area contributed by atoms with Gasteiger partial charge in [0.2, 0.25) is 0 Å². The third-order valence-corrected chi connectivity index (χ3v) is 4.60. The Morgan fingerprint density at radius 2 is 1.82 bits per heavy atom. The van der Waals surface area contributed by atoms with Crippen LogP contribution in [0.15, 0.2) is 35.4 Å². The molecule has 120 valence electrons. The van der Waals surface area contributed by atoms with Crippen LogP contribution in [-0.2, 0) is 22.7 Å². The van der Waals surface area contributed by atoms with E-state index in [1.54, 1.807) is 6.92 Å². The van der Waals surface area contributed by atoms with Crippen molar-refractivity contribution in [1.82, 2.24) is 9.78 Å². The Hall–Kier alpha value is -2.03. The molecule has 0 amide bonds. The molecule has 1 aromatic heterocycles. The average molecular weight is 333 g/mol. The predicted molar refractivity (Wildman–Crippen MR) is 74.9 cm³/mol. The molecule has 22 heavy (non-hydrogen) atoms. The van der Waals surface area contributed by atoms with Crippen LogP contribution in [0.4, 0.5) is 18.9 Å². The molecule has 1 N–H and O–H groups in total. The summed E-state index contributed by atoms with van der Waals surface area (Å²) in [5.41, 5.74) is -0.330. The van der Waals surface area contributed by atoms with Crippen molar-refractivity contribution in [1.29, 1.82) is 0 Å². The van der Waals surface area contributed by atoms with Gasteiger partial charge in [-0.15, -0.1) is 0 Å². The third-order valence-electron chi connectivity index (χ3n) is 3.11. The number of nitrogens with one attached hydrogen (secondary N) is 1. The Bertz CT molecular complexity index is 765. The minimum atomic E-state index is -4.46. The first kappa shape index (κ1) is 16.3. The largest absolute Gasteiger partial charge is 0.416 e. The standard InChI is InChI=1S/C13H14F3N3O2S/c1-3-19-9(2)12(8-17-19)22(20,21)18-11-6-4-10(5-7-11)13(14,15)16/h4-8,18H,3H2,1-2H3. The normalized spacial score (nSPS) is 12.4. The van der Waals surface area contributed by atoms with Gasteiger partial charge in [-0.3, -0.25) is 9.40 Å². The summed E-state index contributed by atoms with van der Waals surface area (Å²) in [5, 5.41) is 3.94. The average Bonchev–Trinajstić information content (AvgIpc) is 2.79. The fourth-order valence-corrected chi connectivity index (χ4v) is 3.19. The Labute approximate surface area is 125 Å². The van der Waals surface area contributed by atoms with Gasteiger partial charge in [-0.05, 0) is 38.1 Å². The molecule has 5 nitrogen and oxygen atoms in total. The van der Waals surface area contributed by atoms with Crippen molar-refractivity contribution in [2.45, 2.75) is 31.5 Å². The van der Waals surface area contributed by atoms with Crippen molar-refractivity contribution in [3.8, 4) is 0 Å². The van der Waals surface area contributed by atoms with Gasteiger partial charge in [-0.1, -0.05) is 0 Å². The summed E-state index contributed by atoms with van der Waals surface area (Å²) in [4.78, 5) is -0.00533. The zero-order valence-corrected chi connectivity index (χ0v) is 12.7. The summed E-state index contributed by atoms with van der Waals surface area (Å²) in [5.74, 6) is 0. The highest BCUT2D eigenvalue weighted by atomic mass is 32.2. The summed E-state index contributed by atoms with van der Waals surface area (Å²) >= 11 is 0. The Kier molecular flexibility index (Phi) is 4.19. The molecule has 0 fully saturated rings. The maximum absolute atomic E-state index is 12.5. The van der Waals surface area contributed by atoms with E-state index in [2.05, 4.69) is 9.82 Å². The van der Waals surface area contributed by atoms with E-state index in [1.807, 2.05) is 6.92 Å². The van der Waals surface area contributed by atoms with Crippen molar-refractivity contribution in [3.63, 3.8) is 0 Å². The molecule has 0 aliphatic heterocycles. The van der Waals surface area contributed by atoms with Crippen molar-refractivity contribution in [2.75, 3.05) is 4.72 Å². The highest BCUT2D eigenvalue weighted by molar-refractivity contribution is 7.92. The molecule has 0 unspecified atom stereocenters. The second kappa shape index (κ2) is 5.64. The SMILES string of the molecule is CCn1ncc(S(=O)(=O)Nc2ccc(C(F)(F)F)cc2)c1C. The Morgan fingerprint density at radius 3 is 2.27 bits per heavy atom. The molecule has 0 radical (unpaired) electrons. The fourth-order valence-electron chi connectivity index (χ4n) is 1.95. The molecular weight excluding hydrogens is 319 g/mol. The summed E-state index contributed by atoms with van der Waals surface area (Å²) in [6.45, 7) is 3.94. The zero-order valence-electron chi connectivity index (χ0n) is 11.8. The van der Waals surface area contributed by atoms with E-state index in [1.165, 1.54) is 10.9 Å². The lowest BCUT2D eigenvalue weighted by molar-refractivity contribution is -0.137. The van der Waals surface area contributed by atoms with Crippen LogP contribution in [0.5, 0.6) is 0 Å². The van der Waals surface area contributed by atoms with Crippen LogP contribution < -0.4 is 4.72 Å². The highest BCUT2D eigenvalue weighted by Crippen LogP contribution is 2.30. The molecule has 0 spiro atoms. The number of sulfonamides is 1. The first-order valence-electron chi connectivity index (χ1n) is 6.37. The van der Waals surface area contributed by atoms with Crippen molar-refractivity contribution < 1.29 is 21.6 Å². The molecule has 1 aromatic carbocycles. The van der Waals surface area contributed by atoms with E-state index in [0.29, 0.717) is 12.2 Å². The smallest absolute Gasteiger partial charge is 0.280 e. The van der Waals surface area contributed by atoms with Gasteiger partial charge in [0.1, 0.15) is 4.90 Å². The molecule has 2 rings (SSSR count). The zero-order chi connectivity index (χ0) is 16.5. The monoisotopic (exact) mass is 333 g/mol. The minimum Gasteiger partial charge on any atom is -0.280 e. The van der Waals surface area contributed by atoms with Gasteiger partial charge >= 0.3 is 6.18 Å². The van der Waals surface area contributed by atoms with E-state index < -0.39 is 21.8 Å². The number of hydrogen-bond acceptors (Lipinski definition) is 3. The number of halogens is 3. The molecule has 0 aliphatic carbocycles. The third kappa shape index (κ3) is 3.24. The Morgan fingerprint density at radius 1 is 1.23 bits per heavy atom. The second-order valence-electron chi connectivity index (χ2n) is 4.59. The lowest BCUT2D eigenvalue weighted by Crippen LogP contribution is -2.14. The van der Waals surface area contributed by atoms with Crippen LogP contribution >= 0.6 is 0 Å². The quantitative estimate of drug-likeness (QED) is 0.935. The van der Waals surface area contributed by atoms with Gasteiger partial charge in [-0.2, -0.15) is 18.3 Å². The number of benzene rings is 1. The molecule has 0 bridgehead atoms. The van der Waals surface area contributed by atoms with Gasteiger partial charge in [0.25, 0.3) is 10.0 Å². The number of aromatic nitrogens is 2. The molecule has 0 saturated heterocycles. The number of rotatable bonds is 4. The van der Waals surface area contributed by atoms with Gasteiger partial charge in [0, 0.05) is 12.2 Å².